The van der Waals surface area contributed by atoms with Gasteiger partial charge in [0, 0.05) is 51.3 Å². The summed E-state index contributed by atoms with van der Waals surface area (Å²) in [5.74, 6) is 1.71. The van der Waals surface area contributed by atoms with Crippen molar-refractivity contribution in [2.75, 3.05) is 19.6 Å². The van der Waals surface area contributed by atoms with E-state index in [1.54, 1.807) is 0 Å². The Bertz CT molecular complexity index is 376. The molecule has 0 unspecified atom stereocenters. The van der Waals surface area contributed by atoms with Gasteiger partial charge in [-0.25, -0.2) is 4.98 Å². The zero-order chi connectivity index (χ0) is 11.7. The summed E-state index contributed by atoms with van der Waals surface area (Å²) in [5.41, 5.74) is 8.26. The normalized spacial score (nSPS) is 14.9. The van der Waals surface area contributed by atoms with Crippen molar-refractivity contribution in [3.05, 3.63) is 17.2 Å². The molecule has 106 valence electrons. The van der Waals surface area contributed by atoms with Crippen molar-refractivity contribution in [3.8, 4) is 0 Å². The molecule has 0 saturated carbocycles. The van der Waals surface area contributed by atoms with Crippen LogP contribution in [0.1, 0.15) is 37.0 Å². The number of rotatable bonds is 3. The van der Waals surface area contributed by atoms with Crippen LogP contribution in [0.25, 0.3) is 0 Å². The molecule has 2 heterocycles. The van der Waals surface area contributed by atoms with Crippen LogP contribution in [0, 0.1) is 0 Å². The first-order valence-corrected chi connectivity index (χ1v) is 6.10. The smallest absolute Gasteiger partial charge is 0.111 e. The largest absolute Gasteiger partial charge is 0.335 e. The van der Waals surface area contributed by atoms with Crippen LogP contribution in [-0.4, -0.2) is 34.1 Å². The zero-order valence-electron chi connectivity index (χ0n) is 11.3. The Kier molecular flexibility index (Phi) is 7.22. The summed E-state index contributed by atoms with van der Waals surface area (Å²) in [6, 6.07) is 0. The van der Waals surface area contributed by atoms with Gasteiger partial charge in [0.2, 0.25) is 0 Å². The lowest BCUT2D eigenvalue weighted by Crippen LogP contribution is -2.34. The van der Waals surface area contributed by atoms with E-state index >= 15 is 0 Å². The van der Waals surface area contributed by atoms with Crippen LogP contribution >= 0.6 is 24.8 Å². The fourth-order valence-corrected chi connectivity index (χ4v) is 2.49. The Morgan fingerprint density at radius 1 is 1.33 bits per heavy atom. The highest BCUT2D eigenvalue weighted by molar-refractivity contribution is 5.85. The molecule has 0 amide bonds. The molecule has 18 heavy (non-hydrogen) atoms. The Balaban J connectivity index is 0.00000144. The van der Waals surface area contributed by atoms with Gasteiger partial charge in [-0.1, -0.05) is 13.8 Å². The first kappa shape index (κ1) is 17.7. The van der Waals surface area contributed by atoms with Gasteiger partial charge in [-0.3, -0.25) is 4.90 Å². The number of nitrogens with zero attached hydrogens (tertiary/aromatic N) is 3. The standard InChI is InChI=1S/C12H22N4.2ClH/c1-9(2)12-14-10-8-16(7-5-13)6-4-11(10)15(12)3;;/h9H,4-8,13H2,1-3H3;2*1H. The minimum absolute atomic E-state index is 0. The second-order valence-electron chi connectivity index (χ2n) is 4.89. The average Bonchev–Trinajstić information content (AvgIpc) is 2.56. The van der Waals surface area contributed by atoms with Crippen molar-refractivity contribution in [1.29, 1.82) is 0 Å². The molecule has 1 aromatic heterocycles. The second kappa shape index (κ2) is 7.34. The summed E-state index contributed by atoms with van der Waals surface area (Å²) in [6.07, 6.45) is 1.10. The molecule has 0 aliphatic carbocycles. The van der Waals surface area contributed by atoms with Crippen molar-refractivity contribution in [2.45, 2.75) is 32.7 Å². The summed E-state index contributed by atoms with van der Waals surface area (Å²) < 4.78 is 2.28. The van der Waals surface area contributed by atoms with Crippen molar-refractivity contribution in [2.24, 2.45) is 12.8 Å². The lowest BCUT2D eigenvalue weighted by atomic mass is 10.1. The van der Waals surface area contributed by atoms with E-state index in [1.807, 2.05) is 0 Å². The fourth-order valence-electron chi connectivity index (χ4n) is 2.49. The van der Waals surface area contributed by atoms with Crippen LogP contribution in [-0.2, 0) is 20.0 Å². The van der Waals surface area contributed by atoms with E-state index in [9.17, 15) is 0 Å². The predicted octanol–water partition coefficient (Wildman–Crippen LogP) is 1.70. The average molecular weight is 295 g/mol. The zero-order valence-corrected chi connectivity index (χ0v) is 13.0. The van der Waals surface area contributed by atoms with Gasteiger partial charge in [-0.05, 0) is 0 Å². The van der Waals surface area contributed by atoms with E-state index in [4.69, 9.17) is 10.7 Å². The van der Waals surface area contributed by atoms with Gasteiger partial charge in [0.25, 0.3) is 0 Å². The highest BCUT2D eigenvalue weighted by atomic mass is 35.5. The van der Waals surface area contributed by atoms with Crippen molar-refractivity contribution < 1.29 is 0 Å². The minimum Gasteiger partial charge on any atom is -0.335 e. The Morgan fingerprint density at radius 3 is 2.56 bits per heavy atom. The van der Waals surface area contributed by atoms with Gasteiger partial charge in [-0.15, -0.1) is 24.8 Å². The molecule has 0 atom stereocenters. The van der Waals surface area contributed by atoms with Gasteiger partial charge in [-0.2, -0.15) is 0 Å². The lowest BCUT2D eigenvalue weighted by Gasteiger charge is -2.25. The highest BCUT2D eigenvalue weighted by Crippen LogP contribution is 2.22. The molecule has 6 heteroatoms. The summed E-state index contributed by atoms with van der Waals surface area (Å²) in [5, 5.41) is 0. The number of nitrogens with two attached hydrogens (primary N) is 1. The summed E-state index contributed by atoms with van der Waals surface area (Å²) in [7, 11) is 2.14. The molecule has 4 nitrogen and oxygen atoms in total. The van der Waals surface area contributed by atoms with Crippen LogP contribution < -0.4 is 5.73 Å². The minimum atomic E-state index is 0. The van der Waals surface area contributed by atoms with Crippen LogP contribution in [0.2, 0.25) is 0 Å². The number of halogens is 2. The Morgan fingerprint density at radius 2 is 2.00 bits per heavy atom. The van der Waals surface area contributed by atoms with Crippen molar-refractivity contribution in [1.82, 2.24) is 14.5 Å². The number of hydrogen-bond donors (Lipinski definition) is 1. The third-order valence-electron chi connectivity index (χ3n) is 3.33. The summed E-state index contributed by atoms with van der Waals surface area (Å²) >= 11 is 0. The predicted molar refractivity (Wildman–Crippen MR) is 79.8 cm³/mol. The van der Waals surface area contributed by atoms with Gasteiger partial charge < -0.3 is 10.3 Å². The maximum Gasteiger partial charge on any atom is 0.111 e. The third-order valence-corrected chi connectivity index (χ3v) is 3.33. The van der Waals surface area contributed by atoms with Crippen molar-refractivity contribution >= 4 is 24.8 Å². The first-order chi connectivity index (χ1) is 7.63. The van der Waals surface area contributed by atoms with E-state index in [0.717, 1.165) is 32.6 Å². The molecule has 1 aliphatic rings. The molecule has 0 fully saturated rings. The number of imidazole rings is 1. The molecule has 1 aliphatic heterocycles. The molecule has 2 N–H and O–H groups in total. The first-order valence-electron chi connectivity index (χ1n) is 6.10. The Labute approximate surface area is 122 Å². The summed E-state index contributed by atoms with van der Waals surface area (Å²) in [6.45, 7) is 8.19. The molecule has 0 saturated heterocycles. The van der Waals surface area contributed by atoms with Crippen LogP contribution in [0.15, 0.2) is 0 Å². The molecule has 0 spiro atoms. The van der Waals surface area contributed by atoms with Crippen LogP contribution in [0.3, 0.4) is 0 Å². The van der Waals surface area contributed by atoms with Crippen LogP contribution in [0.4, 0.5) is 0 Å². The third kappa shape index (κ3) is 3.38. The van der Waals surface area contributed by atoms with E-state index in [-0.39, 0.29) is 24.8 Å². The molecule has 1 aromatic rings. The van der Waals surface area contributed by atoms with E-state index in [1.165, 1.54) is 17.2 Å². The van der Waals surface area contributed by atoms with Crippen molar-refractivity contribution in [3.63, 3.8) is 0 Å². The maximum atomic E-state index is 5.60. The van der Waals surface area contributed by atoms with E-state index in [0.29, 0.717) is 5.92 Å². The molecule has 2 rings (SSSR count). The summed E-state index contributed by atoms with van der Waals surface area (Å²) in [4.78, 5) is 7.15. The molecule has 0 bridgehead atoms. The second-order valence-corrected chi connectivity index (χ2v) is 4.89. The number of hydrogen-bond acceptors (Lipinski definition) is 3. The van der Waals surface area contributed by atoms with Gasteiger partial charge in [0.1, 0.15) is 5.82 Å². The monoisotopic (exact) mass is 294 g/mol. The molecule has 0 radical (unpaired) electrons. The van der Waals surface area contributed by atoms with Gasteiger partial charge in [0.05, 0.1) is 5.69 Å². The topological polar surface area (TPSA) is 47.1 Å². The highest BCUT2D eigenvalue weighted by Gasteiger charge is 2.22. The maximum absolute atomic E-state index is 5.60. The van der Waals surface area contributed by atoms with E-state index in [2.05, 4.69) is 30.4 Å². The molecule has 0 aromatic carbocycles. The lowest BCUT2D eigenvalue weighted by molar-refractivity contribution is 0.256. The molecular formula is C12H24Cl2N4. The number of aromatic nitrogens is 2. The quantitative estimate of drug-likeness (QED) is 0.923. The SMILES string of the molecule is CC(C)c1nc2c(n1C)CCN(CCN)C2.Cl.Cl. The van der Waals surface area contributed by atoms with E-state index < -0.39 is 0 Å². The van der Waals surface area contributed by atoms with Crippen LogP contribution in [0.5, 0.6) is 0 Å². The number of fused-ring (bicyclic) bond motifs is 1. The Hall–Kier alpha value is -0.290. The fraction of sp³-hybridized carbons (Fsp3) is 0.750. The van der Waals surface area contributed by atoms with Gasteiger partial charge >= 0.3 is 0 Å². The molecular weight excluding hydrogens is 271 g/mol. The van der Waals surface area contributed by atoms with Gasteiger partial charge in [0.15, 0.2) is 0 Å².